The SMILES string of the molecule is Cc1cc(-c2csc3ccn(CC(=O)N4CC(C)(F)C4)c(=O)c23)cnc1C#N. The molecular formula is C20H17FN4O2S. The summed E-state index contributed by atoms with van der Waals surface area (Å²) in [7, 11) is 0. The van der Waals surface area contributed by atoms with Crippen LogP contribution in [0.15, 0.2) is 34.7 Å². The van der Waals surface area contributed by atoms with Crippen LogP contribution in [-0.4, -0.2) is 39.1 Å². The Labute approximate surface area is 164 Å². The van der Waals surface area contributed by atoms with Gasteiger partial charge in [0, 0.05) is 33.6 Å². The fourth-order valence-electron chi connectivity index (χ4n) is 3.43. The monoisotopic (exact) mass is 396 g/mol. The summed E-state index contributed by atoms with van der Waals surface area (Å²) in [6, 6.07) is 5.66. The molecule has 4 heterocycles. The molecule has 0 atom stereocenters. The smallest absolute Gasteiger partial charge is 0.260 e. The minimum absolute atomic E-state index is 0.0583. The standard InChI is InChI=1S/C20H17FN4O2S/c1-12-5-13(7-23-15(12)6-22)14-9-28-16-3-4-24(19(27)18(14)16)8-17(26)25-10-20(2,21)11-25/h3-5,7,9H,8,10-11H2,1-2H3. The lowest BCUT2D eigenvalue weighted by Gasteiger charge is -2.42. The maximum absolute atomic E-state index is 13.6. The van der Waals surface area contributed by atoms with Crippen LogP contribution in [-0.2, 0) is 11.3 Å². The number of alkyl halides is 1. The van der Waals surface area contributed by atoms with Gasteiger partial charge in [-0.05, 0) is 31.5 Å². The molecule has 1 saturated heterocycles. The Bertz CT molecular complexity index is 1200. The van der Waals surface area contributed by atoms with E-state index < -0.39 is 5.67 Å². The number of pyridine rings is 2. The van der Waals surface area contributed by atoms with E-state index in [2.05, 4.69) is 4.98 Å². The molecule has 0 N–H and O–H groups in total. The van der Waals surface area contributed by atoms with Gasteiger partial charge in [-0.3, -0.25) is 9.59 Å². The van der Waals surface area contributed by atoms with Gasteiger partial charge in [-0.15, -0.1) is 11.3 Å². The number of nitrogens with zero attached hydrogens (tertiary/aromatic N) is 4. The van der Waals surface area contributed by atoms with Gasteiger partial charge in [-0.25, -0.2) is 9.37 Å². The van der Waals surface area contributed by atoms with E-state index in [4.69, 9.17) is 5.26 Å². The van der Waals surface area contributed by atoms with E-state index in [1.807, 2.05) is 17.5 Å². The highest BCUT2D eigenvalue weighted by Crippen LogP contribution is 2.32. The van der Waals surface area contributed by atoms with Crippen molar-refractivity contribution in [2.24, 2.45) is 0 Å². The summed E-state index contributed by atoms with van der Waals surface area (Å²) in [5, 5.41) is 11.5. The highest BCUT2D eigenvalue weighted by Gasteiger charge is 2.41. The minimum Gasteiger partial charge on any atom is -0.335 e. The first-order valence-electron chi connectivity index (χ1n) is 8.73. The largest absolute Gasteiger partial charge is 0.335 e. The third kappa shape index (κ3) is 3.08. The summed E-state index contributed by atoms with van der Waals surface area (Å²) in [5.41, 5.74) is 0.948. The van der Waals surface area contributed by atoms with Crippen molar-refractivity contribution in [3.63, 3.8) is 0 Å². The first kappa shape index (κ1) is 18.3. The maximum Gasteiger partial charge on any atom is 0.260 e. The van der Waals surface area contributed by atoms with Gasteiger partial charge < -0.3 is 9.47 Å². The van der Waals surface area contributed by atoms with Crippen molar-refractivity contribution >= 4 is 27.3 Å². The van der Waals surface area contributed by atoms with Gasteiger partial charge in [0.15, 0.2) is 0 Å². The number of aryl methyl sites for hydroxylation is 1. The van der Waals surface area contributed by atoms with E-state index in [1.165, 1.54) is 27.7 Å². The van der Waals surface area contributed by atoms with Gasteiger partial charge in [-0.2, -0.15) is 5.26 Å². The van der Waals surface area contributed by atoms with Crippen LogP contribution >= 0.6 is 11.3 Å². The number of carbonyl (C=O) groups is 1. The Kier molecular flexibility index (Phi) is 4.27. The third-order valence-electron chi connectivity index (χ3n) is 4.89. The summed E-state index contributed by atoms with van der Waals surface area (Å²) in [6.07, 6.45) is 3.18. The predicted molar refractivity (Wildman–Crippen MR) is 105 cm³/mol. The number of nitriles is 1. The molecule has 8 heteroatoms. The molecule has 0 aromatic carbocycles. The van der Waals surface area contributed by atoms with E-state index in [1.54, 1.807) is 25.4 Å². The van der Waals surface area contributed by atoms with E-state index in [9.17, 15) is 14.0 Å². The topological polar surface area (TPSA) is 79.0 Å². The molecule has 0 bridgehead atoms. The Morgan fingerprint density at radius 3 is 2.86 bits per heavy atom. The zero-order chi connectivity index (χ0) is 20.1. The molecular weight excluding hydrogens is 379 g/mol. The number of likely N-dealkylation sites (tertiary alicyclic amines) is 1. The number of hydrogen-bond acceptors (Lipinski definition) is 5. The van der Waals surface area contributed by atoms with Crippen LogP contribution in [0.25, 0.3) is 21.2 Å². The van der Waals surface area contributed by atoms with Crippen molar-refractivity contribution in [3.05, 3.63) is 51.5 Å². The number of amides is 1. The van der Waals surface area contributed by atoms with Crippen LogP contribution < -0.4 is 5.56 Å². The second-order valence-corrected chi connectivity index (χ2v) is 8.21. The summed E-state index contributed by atoms with van der Waals surface area (Å²) < 4.78 is 15.8. The molecule has 3 aromatic rings. The number of hydrogen-bond donors (Lipinski definition) is 0. The zero-order valence-electron chi connectivity index (χ0n) is 15.4. The second kappa shape index (κ2) is 6.53. The highest BCUT2D eigenvalue weighted by molar-refractivity contribution is 7.17. The normalized spacial score (nSPS) is 15.3. The van der Waals surface area contributed by atoms with Gasteiger partial charge in [0.05, 0.1) is 18.5 Å². The van der Waals surface area contributed by atoms with Crippen molar-refractivity contribution in [1.29, 1.82) is 5.26 Å². The molecule has 0 aliphatic carbocycles. The first-order chi connectivity index (χ1) is 13.3. The molecule has 28 heavy (non-hydrogen) atoms. The lowest BCUT2D eigenvalue weighted by molar-refractivity contribution is -0.144. The Morgan fingerprint density at radius 2 is 2.21 bits per heavy atom. The van der Waals surface area contributed by atoms with Crippen LogP contribution in [0.3, 0.4) is 0 Å². The van der Waals surface area contributed by atoms with Crippen LogP contribution in [0, 0.1) is 18.3 Å². The van der Waals surface area contributed by atoms with Crippen LogP contribution in [0.1, 0.15) is 18.2 Å². The van der Waals surface area contributed by atoms with Crippen molar-refractivity contribution in [2.45, 2.75) is 26.1 Å². The van der Waals surface area contributed by atoms with Gasteiger partial charge in [0.25, 0.3) is 5.56 Å². The molecule has 0 unspecified atom stereocenters. The van der Waals surface area contributed by atoms with Crippen LogP contribution in [0.5, 0.6) is 0 Å². The molecule has 1 aliphatic heterocycles. The molecule has 1 aliphatic rings. The average molecular weight is 396 g/mol. The molecule has 1 amide bonds. The van der Waals surface area contributed by atoms with E-state index in [-0.39, 0.29) is 31.1 Å². The first-order valence-corrected chi connectivity index (χ1v) is 9.61. The van der Waals surface area contributed by atoms with E-state index in [0.29, 0.717) is 11.1 Å². The van der Waals surface area contributed by atoms with E-state index in [0.717, 1.165) is 21.4 Å². The number of thiophene rings is 1. The molecule has 3 aromatic heterocycles. The summed E-state index contributed by atoms with van der Waals surface area (Å²) >= 11 is 1.44. The van der Waals surface area contributed by atoms with Gasteiger partial charge in [0.1, 0.15) is 24.0 Å². The summed E-state index contributed by atoms with van der Waals surface area (Å²) in [4.78, 5) is 30.9. The number of rotatable bonds is 3. The van der Waals surface area contributed by atoms with Gasteiger partial charge in [0.2, 0.25) is 5.91 Å². The Balaban J connectivity index is 1.70. The maximum atomic E-state index is 13.6. The molecule has 0 spiro atoms. The van der Waals surface area contributed by atoms with Gasteiger partial charge >= 0.3 is 0 Å². The fourth-order valence-corrected chi connectivity index (χ4v) is 4.39. The number of aromatic nitrogens is 2. The Morgan fingerprint density at radius 1 is 1.46 bits per heavy atom. The van der Waals surface area contributed by atoms with Crippen molar-refractivity contribution < 1.29 is 9.18 Å². The summed E-state index contributed by atoms with van der Waals surface area (Å²) in [6.45, 7) is 3.25. The molecule has 0 saturated carbocycles. The highest BCUT2D eigenvalue weighted by atomic mass is 32.1. The molecule has 1 fully saturated rings. The minimum atomic E-state index is -1.34. The third-order valence-corrected chi connectivity index (χ3v) is 5.84. The quantitative estimate of drug-likeness (QED) is 0.682. The molecule has 0 radical (unpaired) electrons. The lowest BCUT2D eigenvalue weighted by Crippen LogP contribution is -2.60. The fraction of sp³-hybridized carbons (Fsp3) is 0.300. The average Bonchev–Trinajstić information content (AvgIpc) is 3.06. The van der Waals surface area contributed by atoms with E-state index >= 15 is 0 Å². The van der Waals surface area contributed by atoms with Crippen molar-refractivity contribution in [1.82, 2.24) is 14.5 Å². The second-order valence-electron chi connectivity index (χ2n) is 7.30. The molecule has 142 valence electrons. The number of fused-ring (bicyclic) bond motifs is 1. The predicted octanol–water partition coefficient (Wildman–Crippen LogP) is 2.88. The van der Waals surface area contributed by atoms with Crippen molar-refractivity contribution in [3.8, 4) is 17.2 Å². The molecule has 4 rings (SSSR count). The Hall–Kier alpha value is -3.05. The zero-order valence-corrected chi connectivity index (χ0v) is 16.2. The molecule has 6 nitrogen and oxygen atoms in total. The lowest BCUT2D eigenvalue weighted by atomic mass is 9.99. The van der Waals surface area contributed by atoms with Crippen LogP contribution in [0.4, 0.5) is 4.39 Å². The number of halogens is 1. The van der Waals surface area contributed by atoms with Gasteiger partial charge in [-0.1, -0.05) is 0 Å². The number of carbonyl (C=O) groups excluding carboxylic acids is 1. The summed E-state index contributed by atoms with van der Waals surface area (Å²) in [5.74, 6) is -0.274. The van der Waals surface area contributed by atoms with Crippen LogP contribution in [0.2, 0.25) is 0 Å². The van der Waals surface area contributed by atoms with Crippen molar-refractivity contribution in [2.75, 3.05) is 13.1 Å².